The Morgan fingerprint density at radius 2 is 1.90 bits per heavy atom. The summed E-state index contributed by atoms with van der Waals surface area (Å²) in [5.41, 5.74) is 4.88. The molecule has 7 heteroatoms. The Balaban J connectivity index is 1.61. The lowest BCUT2D eigenvalue weighted by Crippen LogP contribution is -1.95. The number of halogens is 2. The van der Waals surface area contributed by atoms with Gasteiger partial charge in [0.25, 0.3) is 0 Å². The quantitative estimate of drug-likeness (QED) is 0.278. The normalized spacial score (nSPS) is 11.5. The molecule has 0 aliphatic rings. The van der Waals surface area contributed by atoms with Crippen molar-refractivity contribution in [3.8, 4) is 23.0 Å². The molecule has 4 aromatic rings. The molecular formula is C23H18Br2N2O3. The Morgan fingerprint density at radius 3 is 2.63 bits per heavy atom. The lowest BCUT2D eigenvalue weighted by atomic mass is 10.2. The van der Waals surface area contributed by atoms with Crippen LogP contribution in [0.4, 0.5) is 5.69 Å². The van der Waals surface area contributed by atoms with Gasteiger partial charge in [0.1, 0.15) is 5.52 Å². The third-order valence-electron chi connectivity index (χ3n) is 4.49. The van der Waals surface area contributed by atoms with Crippen molar-refractivity contribution in [3.63, 3.8) is 0 Å². The summed E-state index contributed by atoms with van der Waals surface area (Å²) >= 11 is 6.94. The number of aromatic hydroxyl groups is 1. The molecule has 0 radical (unpaired) electrons. The van der Waals surface area contributed by atoms with E-state index in [1.165, 1.54) is 0 Å². The van der Waals surface area contributed by atoms with Crippen molar-refractivity contribution in [3.05, 3.63) is 68.6 Å². The van der Waals surface area contributed by atoms with Crippen molar-refractivity contribution in [2.24, 2.45) is 4.99 Å². The number of rotatable bonds is 5. The summed E-state index contributed by atoms with van der Waals surface area (Å²) in [5, 5.41) is 10.5. The fraction of sp³-hybridized carbons (Fsp3) is 0.130. The molecular weight excluding hydrogens is 512 g/mol. The first-order chi connectivity index (χ1) is 14.5. The molecule has 3 aromatic carbocycles. The van der Waals surface area contributed by atoms with E-state index in [1.807, 2.05) is 56.3 Å². The molecule has 152 valence electrons. The Kier molecular flexibility index (Phi) is 5.92. The largest absolute Gasteiger partial charge is 0.504 e. The van der Waals surface area contributed by atoms with Crippen molar-refractivity contribution in [2.45, 2.75) is 13.8 Å². The lowest BCUT2D eigenvalue weighted by molar-refractivity contribution is 0.317. The van der Waals surface area contributed by atoms with Gasteiger partial charge in [-0.2, -0.15) is 0 Å². The van der Waals surface area contributed by atoms with Gasteiger partial charge in [-0.05, 0) is 93.7 Å². The minimum absolute atomic E-state index is 0.0362. The number of oxazole rings is 1. The predicted molar refractivity (Wildman–Crippen MR) is 126 cm³/mol. The van der Waals surface area contributed by atoms with E-state index in [1.54, 1.807) is 12.3 Å². The van der Waals surface area contributed by atoms with Crippen LogP contribution in [0.5, 0.6) is 11.5 Å². The smallest absolute Gasteiger partial charge is 0.227 e. The van der Waals surface area contributed by atoms with E-state index in [2.05, 4.69) is 41.8 Å². The number of ether oxygens (including phenoxy) is 1. The Bertz CT molecular complexity index is 1250. The van der Waals surface area contributed by atoms with E-state index in [9.17, 15) is 5.11 Å². The van der Waals surface area contributed by atoms with Crippen LogP contribution >= 0.6 is 31.9 Å². The predicted octanol–water partition coefficient (Wildman–Crippen LogP) is 7.18. The van der Waals surface area contributed by atoms with Crippen molar-refractivity contribution in [1.82, 2.24) is 4.98 Å². The number of hydrogen-bond acceptors (Lipinski definition) is 5. The van der Waals surface area contributed by atoms with E-state index >= 15 is 0 Å². The summed E-state index contributed by atoms with van der Waals surface area (Å²) < 4.78 is 12.8. The number of aromatic nitrogens is 1. The molecule has 1 N–H and O–H groups in total. The molecule has 1 heterocycles. The molecule has 5 nitrogen and oxygen atoms in total. The first-order valence-corrected chi connectivity index (χ1v) is 10.9. The second-order valence-corrected chi connectivity index (χ2v) is 8.31. The van der Waals surface area contributed by atoms with Crippen LogP contribution in [0.3, 0.4) is 0 Å². The van der Waals surface area contributed by atoms with Crippen molar-refractivity contribution in [2.75, 3.05) is 6.61 Å². The molecule has 0 fully saturated rings. The van der Waals surface area contributed by atoms with E-state index in [0.29, 0.717) is 28.3 Å². The molecule has 0 saturated carbocycles. The van der Waals surface area contributed by atoms with E-state index < -0.39 is 0 Å². The van der Waals surface area contributed by atoms with Gasteiger partial charge in [-0.3, -0.25) is 4.99 Å². The first kappa shape index (κ1) is 20.6. The second kappa shape index (κ2) is 8.62. The standard InChI is InChI=1S/C23H18Br2N2O3/c1-3-29-20-11-17(24)21(25)16(22(20)28)12-26-15-7-5-14(6-8-15)23-27-18-10-13(2)4-9-19(18)30-23/h4-12,28H,3H2,1-2H3. The molecule has 0 aliphatic heterocycles. The van der Waals surface area contributed by atoms with Crippen LogP contribution in [-0.4, -0.2) is 22.9 Å². The molecule has 0 bridgehead atoms. The van der Waals surface area contributed by atoms with Crippen LogP contribution in [0.1, 0.15) is 18.1 Å². The van der Waals surface area contributed by atoms with Crippen LogP contribution in [0.25, 0.3) is 22.6 Å². The van der Waals surface area contributed by atoms with E-state index in [0.717, 1.165) is 32.4 Å². The summed E-state index contributed by atoms with van der Waals surface area (Å²) in [4.78, 5) is 9.05. The average Bonchev–Trinajstić information content (AvgIpc) is 3.15. The molecule has 4 rings (SSSR count). The summed E-state index contributed by atoms with van der Waals surface area (Å²) in [7, 11) is 0. The monoisotopic (exact) mass is 528 g/mol. The van der Waals surface area contributed by atoms with Crippen molar-refractivity contribution >= 4 is 54.9 Å². The third-order valence-corrected chi connectivity index (χ3v) is 6.50. The number of benzene rings is 3. The molecule has 0 aliphatic carbocycles. The highest BCUT2D eigenvalue weighted by atomic mass is 79.9. The van der Waals surface area contributed by atoms with Gasteiger partial charge in [-0.15, -0.1) is 0 Å². The zero-order valence-electron chi connectivity index (χ0n) is 16.3. The number of phenols is 1. The maximum atomic E-state index is 10.5. The van der Waals surface area contributed by atoms with E-state index in [-0.39, 0.29) is 5.75 Å². The molecule has 0 spiro atoms. The fourth-order valence-electron chi connectivity index (χ4n) is 2.99. The van der Waals surface area contributed by atoms with Gasteiger partial charge >= 0.3 is 0 Å². The Labute approximate surface area is 190 Å². The molecule has 0 unspecified atom stereocenters. The van der Waals surface area contributed by atoms with Crippen molar-refractivity contribution < 1.29 is 14.3 Å². The van der Waals surface area contributed by atoms with E-state index in [4.69, 9.17) is 9.15 Å². The summed E-state index contributed by atoms with van der Waals surface area (Å²) in [6.07, 6.45) is 1.60. The highest BCUT2D eigenvalue weighted by Gasteiger charge is 2.15. The summed E-state index contributed by atoms with van der Waals surface area (Å²) in [6.45, 7) is 4.34. The third kappa shape index (κ3) is 4.13. The number of aryl methyl sites for hydroxylation is 1. The molecule has 0 amide bonds. The van der Waals surface area contributed by atoms with Crippen LogP contribution in [0.15, 0.2) is 66.9 Å². The second-order valence-electron chi connectivity index (χ2n) is 6.66. The number of aliphatic imine (C=N–C) groups is 1. The fourth-order valence-corrected chi connectivity index (χ4v) is 3.81. The van der Waals surface area contributed by atoms with Crippen LogP contribution in [0, 0.1) is 6.92 Å². The molecule has 1 aromatic heterocycles. The minimum Gasteiger partial charge on any atom is -0.504 e. The van der Waals surface area contributed by atoms with Gasteiger partial charge in [-0.1, -0.05) is 6.07 Å². The summed E-state index contributed by atoms with van der Waals surface area (Å²) in [5.74, 6) is 1.00. The van der Waals surface area contributed by atoms with Crippen molar-refractivity contribution in [1.29, 1.82) is 0 Å². The number of nitrogens with zero attached hydrogens (tertiary/aromatic N) is 2. The highest BCUT2D eigenvalue weighted by molar-refractivity contribution is 9.13. The van der Waals surface area contributed by atoms with Crippen LogP contribution in [-0.2, 0) is 0 Å². The molecule has 0 saturated heterocycles. The van der Waals surface area contributed by atoms with Gasteiger partial charge < -0.3 is 14.3 Å². The zero-order valence-corrected chi connectivity index (χ0v) is 19.5. The highest BCUT2D eigenvalue weighted by Crippen LogP contribution is 2.40. The maximum absolute atomic E-state index is 10.5. The van der Waals surface area contributed by atoms with Gasteiger partial charge in [0, 0.05) is 20.7 Å². The zero-order chi connectivity index (χ0) is 21.3. The first-order valence-electron chi connectivity index (χ1n) is 9.31. The minimum atomic E-state index is 0.0362. The van der Waals surface area contributed by atoms with Crippen LogP contribution in [0.2, 0.25) is 0 Å². The van der Waals surface area contributed by atoms with Gasteiger partial charge in [0.05, 0.1) is 17.9 Å². The van der Waals surface area contributed by atoms with Gasteiger partial charge in [0.2, 0.25) is 5.89 Å². The van der Waals surface area contributed by atoms with Gasteiger partial charge in [0.15, 0.2) is 17.1 Å². The Hall–Kier alpha value is -2.64. The van der Waals surface area contributed by atoms with Gasteiger partial charge in [-0.25, -0.2) is 4.98 Å². The molecule has 0 atom stereocenters. The van der Waals surface area contributed by atoms with Crippen LogP contribution < -0.4 is 4.74 Å². The maximum Gasteiger partial charge on any atom is 0.227 e. The summed E-state index contributed by atoms with van der Waals surface area (Å²) in [6, 6.07) is 15.2. The molecule has 30 heavy (non-hydrogen) atoms. The number of hydrogen-bond donors (Lipinski definition) is 1. The average molecular weight is 530 g/mol. The SMILES string of the molecule is CCOc1cc(Br)c(Br)c(C=Nc2ccc(-c3nc4cc(C)ccc4o3)cc2)c1O. The Morgan fingerprint density at radius 1 is 1.13 bits per heavy atom. The lowest BCUT2D eigenvalue weighted by Gasteiger charge is -2.11. The number of fused-ring (bicyclic) bond motifs is 1. The number of phenolic OH excluding ortho intramolecular Hbond substituents is 1. The topological polar surface area (TPSA) is 67.9 Å².